The molecule has 0 bridgehead atoms. The van der Waals surface area contributed by atoms with Gasteiger partial charge < -0.3 is 10.1 Å². The topological polar surface area (TPSA) is 102 Å². The van der Waals surface area contributed by atoms with Crippen molar-refractivity contribution in [2.75, 3.05) is 11.9 Å². The number of hydrogen-bond acceptors (Lipinski definition) is 8. The molecule has 2 heterocycles. The molecule has 2 aromatic rings. The second-order valence-corrected chi connectivity index (χ2v) is 7.59. The zero-order chi connectivity index (χ0) is 18.7. The summed E-state index contributed by atoms with van der Waals surface area (Å²) in [5.41, 5.74) is 0.644. The fourth-order valence-corrected chi connectivity index (χ4v) is 4.40. The van der Waals surface area contributed by atoms with Gasteiger partial charge in [0, 0.05) is 11.3 Å². The van der Waals surface area contributed by atoms with Gasteiger partial charge in [-0.1, -0.05) is 0 Å². The Morgan fingerprint density at radius 1 is 1.31 bits per heavy atom. The standard InChI is InChI=1S/C17H16N2O5S2/c1-2-24-13(22)8-11(21)9-6-7-25-16(9)19-15(23)17-18-14-10(20)4-3-5-12(14)26-17/h6-7H,2-5,8H2,1H3,(H,19,23). The summed E-state index contributed by atoms with van der Waals surface area (Å²) < 4.78 is 4.77. The molecule has 0 saturated carbocycles. The van der Waals surface area contributed by atoms with Gasteiger partial charge in [-0.2, -0.15) is 0 Å². The molecular weight excluding hydrogens is 376 g/mol. The Balaban J connectivity index is 1.73. The number of thiazole rings is 1. The largest absolute Gasteiger partial charge is 0.466 e. The van der Waals surface area contributed by atoms with Crippen molar-refractivity contribution in [2.45, 2.75) is 32.6 Å². The van der Waals surface area contributed by atoms with Crippen molar-refractivity contribution in [2.24, 2.45) is 0 Å². The molecule has 1 amide bonds. The fourth-order valence-electron chi connectivity index (χ4n) is 2.58. The number of nitrogens with one attached hydrogen (secondary N) is 1. The number of nitrogens with zero attached hydrogens (tertiary/aromatic N) is 1. The van der Waals surface area contributed by atoms with E-state index < -0.39 is 17.7 Å². The van der Waals surface area contributed by atoms with Crippen LogP contribution in [-0.2, 0) is 16.0 Å². The predicted molar refractivity (Wildman–Crippen MR) is 97.2 cm³/mol. The number of rotatable bonds is 6. The van der Waals surface area contributed by atoms with Crippen LogP contribution in [0.15, 0.2) is 11.4 Å². The van der Waals surface area contributed by atoms with Gasteiger partial charge in [0.05, 0.1) is 12.2 Å². The van der Waals surface area contributed by atoms with Gasteiger partial charge in [-0.25, -0.2) is 4.98 Å². The first-order chi connectivity index (χ1) is 12.5. The van der Waals surface area contributed by atoms with Crippen molar-refractivity contribution in [3.8, 4) is 0 Å². The number of carbonyl (C=O) groups excluding carboxylic acids is 4. The Bertz CT molecular complexity index is 884. The molecule has 1 aliphatic carbocycles. The van der Waals surface area contributed by atoms with Crippen LogP contribution >= 0.6 is 22.7 Å². The first-order valence-electron chi connectivity index (χ1n) is 8.10. The minimum atomic E-state index is -0.605. The fraction of sp³-hybridized carbons (Fsp3) is 0.353. The van der Waals surface area contributed by atoms with Gasteiger partial charge in [0.1, 0.15) is 17.1 Å². The summed E-state index contributed by atoms with van der Waals surface area (Å²) in [7, 11) is 0. The minimum absolute atomic E-state index is 0.0389. The summed E-state index contributed by atoms with van der Waals surface area (Å²) in [5.74, 6) is -1.53. The molecule has 3 rings (SSSR count). The molecule has 0 spiro atoms. The lowest BCUT2D eigenvalue weighted by Crippen LogP contribution is -2.15. The first-order valence-corrected chi connectivity index (χ1v) is 9.79. The molecule has 0 radical (unpaired) electrons. The lowest BCUT2D eigenvalue weighted by Gasteiger charge is -2.06. The molecular formula is C17H16N2O5S2. The van der Waals surface area contributed by atoms with Gasteiger partial charge in [0.15, 0.2) is 16.6 Å². The SMILES string of the molecule is CCOC(=O)CC(=O)c1ccsc1NC(=O)c1nc2c(s1)CCCC2=O. The number of amides is 1. The number of ketones is 2. The summed E-state index contributed by atoms with van der Waals surface area (Å²) in [5, 5.41) is 4.86. The third kappa shape index (κ3) is 3.88. The highest BCUT2D eigenvalue weighted by molar-refractivity contribution is 7.15. The van der Waals surface area contributed by atoms with Crippen LogP contribution in [-0.4, -0.2) is 35.0 Å². The second kappa shape index (κ2) is 7.88. The minimum Gasteiger partial charge on any atom is -0.466 e. The second-order valence-electron chi connectivity index (χ2n) is 5.59. The molecule has 26 heavy (non-hydrogen) atoms. The highest BCUT2D eigenvalue weighted by Crippen LogP contribution is 2.29. The summed E-state index contributed by atoms with van der Waals surface area (Å²) in [6, 6.07) is 1.55. The average Bonchev–Trinajstić information content (AvgIpc) is 3.22. The van der Waals surface area contributed by atoms with Crippen molar-refractivity contribution >= 4 is 51.1 Å². The Morgan fingerprint density at radius 2 is 2.12 bits per heavy atom. The van der Waals surface area contributed by atoms with Crippen molar-refractivity contribution in [1.29, 1.82) is 0 Å². The van der Waals surface area contributed by atoms with Crippen LogP contribution in [0.4, 0.5) is 5.00 Å². The lowest BCUT2D eigenvalue weighted by molar-refractivity contribution is -0.141. The number of anilines is 1. The Morgan fingerprint density at radius 3 is 2.85 bits per heavy atom. The number of esters is 1. The quantitative estimate of drug-likeness (QED) is 0.460. The number of thiophene rings is 1. The van der Waals surface area contributed by atoms with E-state index in [0.29, 0.717) is 17.1 Å². The highest BCUT2D eigenvalue weighted by Gasteiger charge is 2.26. The molecule has 0 aromatic carbocycles. The molecule has 7 nitrogen and oxygen atoms in total. The van der Waals surface area contributed by atoms with E-state index in [1.54, 1.807) is 18.4 Å². The van der Waals surface area contributed by atoms with E-state index in [-0.39, 0.29) is 29.4 Å². The monoisotopic (exact) mass is 392 g/mol. The summed E-state index contributed by atoms with van der Waals surface area (Å²) in [6.45, 7) is 1.86. The molecule has 1 N–H and O–H groups in total. The molecule has 9 heteroatoms. The van der Waals surface area contributed by atoms with Crippen molar-refractivity contribution < 1.29 is 23.9 Å². The number of aromatic nitrogens is 1. The molecule has 0 saturated heterocycles. The number of ether oxygens (including phenoxy) is 1. The molecule has 136 valence electrons. The van der Waals surface area contributed by atoms with Crippen LogP contribution in [0, 0.1) is 0 Å². The maximum atomic E-state index is 12.5. The summed E-state index contributed by atoms with van der Waals surface area (Å²) >= 11 is 2.38. The summed E-state index contributed by atoms with van der Waals surface area (Å²) in [4.78, 5) is 53.0. The molecule has 2 aromatic heterocycles. The number of carbonyl (C=O) groups is 4. The summed E-state index contributed by atoms with van der Waals surface area (Å²) in [6.07, 6.45) is 1.59. The zero-order valence-electron chi connectivity index (χ0n) is 14.0. The van der Waals surface area contributed by atoms with Crippen molar-refractivity contribution in [1.82, 2.24) is 4.98 Å². The van der Waals surface area contributed by atoms with E-state index in [1.807, 2.05) is 0 Å². The van der Waals surface area contributed by atoms with Crippen LogP contribution < -0.4 is 5.32 Å². The molecule has 0 fully saturated rings. The zero-order valence-corrected chi connectivity index (χ0v) is 15.6. The van der Waals surface area contributed by atoms with E-state index in [9.17, 15) is 19.2 Å². The van der Waals surface area contributed by atoms with Crippen LogP contribution in [0.25, 0.3) is 0 Å². The normalized spacial score (nSPS) is 13.2. The number of hydrogen-bond donors (Lipinski definition) is 1. The van der Waals surface area contributed by atoms with Crippen LogP contribution in [0.1, 0.15) is 61.7 Å². The van der Waals surface area contributed by atoms with E-state index in [0.717, 1.165) is 17.7 Å². The molecule has 0 unspecified atom stereocenters. The Labute approximate surface area is 157 Å². The average molecular weight is 392 g/mol. The third-order valence-corrected chi connectivity index (χ3v) is 5.71. The van der Waals surface area contributed by atoms with Gasteiger partial charge in [0.25, 0.3) is 5.91 Å². The number of aryl methyl sites for hydroxylation is 1. The van der Waals surface area contributed by atoms with E-state index in [1.165, 1.54) is 22.7 Å². The van der Waals surface area contributed by atoms with Crippen molar-refractivity contribution in [3.05, 3.63) is 32.6 Å². The third-order valence-electron chi connectivity index (χ3n) is 3.77. The van der Waals surface area contributed by atoms with Gasteiger partial charge >= 0.3 is 5.97 Å². The van der Waals surface area contributed by atoms with Crippen molar-refractivity contribution in [3.63, 3.8) is 0 Å². The van der Waals surface area contributed by atoms with E-state index in [2.05, 4.69) is 10.3 Å². The van der Waals surface area contributed by atoms with Crippen LogP contribution in [0.3, 0.4) is 0 Å². The van der Waals surface area contributed by atoms with Crippen LogP contribution in [0.2, 0.25) is 0 Å². The Kier molecular flexibility index (Phi) is 5.58. The van der Waals surface area contributed by atoms with Gasteiger partial charge in [-0.3, -0.25) is 19.2 Å². The molecule has 1 aliphatic rings. The van der Waals surface area contributed by atoms with Gasteiger partial charge in [-0.05, 0) is 31.2 Å². The first kappa shape index (κ1) is 18.4. The number of fused-ring (bicyclic) bond motifs is 1. The van der Waals surface area contributed by atoms with Gasteiger partial charge in [0.2, 0.25) is 0 Å². The molecule has 0 atom stereocenters. The highest BCUT2D eigenvalue weighted by atomic mass is 32.1. The van der Waals surface area contributed by atoms with E-state index in [4.69, 9.17) is 4.74 Å². The molecule has 0 aliphatic heterocycles. The van der Waals surface area contributed by atoms with Crippen LogP contribution in [0.5, 0.6) is 0 Å². The van der Waals surface area contributed by atoms with E-state index >= 15 is 0 Å². The Hall–Kier alpha value is -2.39. The lowest BCUT2D eigenvalue weighted by atomic mass is 10.0. The maximum Gasteiger partial charge on any atom is 0.313 e. The van der Waals surface area contributed by atoms with Gasteiger partial charge in [-0.15, -0.1) is 22.7 Å². The maximum absolute atomic E-state index is 12.5. The predicted octanol–water partition coefficient (Wildman–Crippen LogP) is 3.11. The number of Topliss-reactive ketones (excluding diaryl/α,β-unsaturated/α-hetero) is 2. The smallest absolute Gasteiger partial charge is 0.313 e.